The van der Waals surface area contributed by atoms with E-state index in [0.717, 1.165) is 5.56 Å². The first-order valence-electron chi connectivity index (χ1n) is 7.56. The van der Waals surface area contributed by atoms with E-state index in [9.17, 15) is 14.3 Å². The van der Waals surface area contributed by atoms with Gasteiger partial charge >= 0.3 is 12.0 Å². The van der Waals surface area contributed by atoms with E-state index in [1.807, 2.05) is 6.92 Å². The lowest BCUT2D eigenvalue weighted by molar-refractivity contribution is 0.0681. The lowest BCUT2D eigenvalue weighted by atomic mass is 10.1. The first-order chi connectivity index (χ1) is 12.4. The second-order valence-corrected chi connectivity index (χ2v) is 6.68. The van der Waals surface area contributed by atoms with Crippen LogP contribution in [0.5, 0.6) is 11.8 Å². The Kier molecular flexibility index (Phi) is 5.29. The number of imidazole rings is 1. The number of benzene rings is 2. The van der Waals surface area contributed by atoms with Gasteiger partial charge in [0.1, 0.15) is 16.2 Å². The number of aromatic carboxylic acids is 1. The molecule has 8 heteroatoms. The third-order valence-electron chi connectivity index (χ3n) is 3.78. The summed E-state index contributed by atoms with van der Waals surface area (Å²) in [6, 6.07) is 12.2. The Morgan fingerprint density at radius 2 is 2.00 bits per heavy atom. The van der Waals surface area contributed by atoms with Crippen LogP contribution in [-0.4, -0.2) is 20.6 Å². The third kappa shape index (κ3) is 3.73. The molecule has 1 atom stereocenters. The first-order valence-corrected chi connectivity index (χ1v) is 8.74. The Bertz CT molecular complexity index is 960. The summed E-state index contributed by atoms with van der Waals surface area (Å²) in [6.07, 6.45) is 0. The SMILES string of the molecule is CC(c1ccc(Cl)cc1)n1c(Oc2cccc(F)c2)nc(Br)c1C(=O)O. The number of nitrogens with zero attached hydrogens (tertiary/aromatic N) is 2. The molecule has 0 aliphatic heterocycles. The fraction of sp³-hybridized carbons (Fsp3) is 0.111. The van der Waals surface area contributed by atoms with E-state index in [-0.39, 0.29) is 22.1 Å². The fourth-order valence-electron chi connectivity index (χ4n) is 2.53. The largest absolute Gasteiger partial charge is 0.476 e. The van der Waals surface area contributed by atoms with E-state index < -0.39 is 17.8 Å². The van der Waals surface area contributed by atoms with E-state index in [1.54, 1.807) is 30.3 Å². The van der Waals surface area contributed by atoms with Crippen molar-refractivity contribution >= 4 is 33.5 Å². The summed E-state index contributed by atoms with van der Waals surface area (Å²) >= 11 is 9.08. The van der Waals surface area contributed by atoms with Gasteiger partial charge in [-0.05, 0) is 52.7 Å². The van der Waals surface area contributed by atoms with Gasteiger partial charge in [-0.25, -0.2) is 9.18 Å². The minimum Gasteiger partial charge on any atom is -0.476 e. The van der Waals surface area contributed by atoms with Crippen molar-refractivity contribution in [1.29, 1.82) is 0 Å². The summed E-state index contributed by atoms with van der Waals surface area (Å²) in [4.78, 5) is 15.9. The molecule has 3 aromatic rings. The van der Waals surface area contributed by atoms with Gasteiger partial charge in [0.25, 0.3) is 0 Å². The lowest BCUT2D eigenvalue weighted by Crippen LogP contribution is -2.15. The number of rotatable bonds is 5. The van der Waals surface area contributed by atoms with Crippen LogP contribution in [-0.2, 0) is 0 Å². The number of hydrogen-bond acceptors (Lipinski definition) is 3. The second-order valence-electron chi connectivity index (χ2n) is 5.50. The standard InChI is InChI=1S/C18H13BrClFN2O3/c1-10(11-5-7-12(20)8-6-11)23-15(17(24)25)16(19)22-18(23)26-14-4-2-3-13(21)9-14/h2-10H,1H3,(H,24,25). The van der Waals surface area contributed by atoms with Gasteiger partial charge in [-0.15, -0.1) is 0 Å². The quantitative estimate of drug-likeness (QED) is 0.567. The smallest absolute Gasteiger partial charge is 0.355 e. The number of ether oxygens (including phenoxy) is 1. The molecule has 0 fully saturated rings. The van der Waals surface area contributed by atoms with Crippen molar-refractivity contribution in [3.05, 3.63) is 75.2 Å². The molecule has 0 bridgehead atoms. The summed E-state index contributed by atoms with van der Waals surface area (Å²) in [5.74, 6) is -1.42. The van der Waals surface area contributed by atoms with Gasteiger partial charge in [-0.3, -0.25) is 4.57 Å². The van der Waals surface area contributed by atoms with Crippen LogP contribution in [0.3, 0.4) is 0 Å². The molecule has 0 amide bonds. The number of carbonyl (C=O) groups is 1. The highest BCUT2D eigenvalue weighted by atomic mass is 79.9. The normalized spacial score (nSPS) is 12.0. The van der Waals surface area contributed by atoms with Gasteiger partial charge in [0.15, 0.2) is 5.69 Å². The van der Waals surface area contributed by atoms with Crippen molar-refractivity contribution < 1.29 is 19.0 Å². The Hall–Kier alpha value is -2.38. The van der Waals surface area contributed by atoms with E-state index in [2.05, 4.69) is 20.9 Å². The van der Waals surface area contributed by atoms with Crippen LogP contribution in [0.2, 0.25) is 5.02 Å². The average Bonchev–Trinajstić information content (AvgIpc) is 2.91. The number of carboxylic acid groups (broad SMARTS) is 1. The van der Waals surface area contributed by atoms with Gasteiger partial charge < -0.3 is 9.84 Å². The van der Waals surface area contributed by atoms with Crippen LogP contribution in [0.25, 0.3) is 0 Å². The molecule has 1 unspecified atom stereocenters. The fourth-order valence-corrected chi connectivity index (χ4v) is 3.17. The molecule has 5 nitrogen and oxygen atoms in total. The molecular formula is C18H13BrClFN2O3. The number of aromatic nitrogens is 2. The Labute approximate surface area is 162 Å². The maximum Gasteiger partial charge on any atom is 0.355 e. The van der Waals surface area contributed by atoms with Crippen molar-refractivity contribution in [2.75, 3.05) is 0 Å². The molecule has 1 N–H and O–H groups in total. The zero-order valence-electron chi connectivity index (χ0n) is 13.5. The maximum atomic E-state index is 13.4. The molecule has 0 saturated heterocycles. The highest BCUT2D eigenvalue weighted by molar-refractivity contribution is 9.10. The molecule has 3 rings (SSSR count). The minimum atomic E-state index is -1.17. The van der Waals surface area contributed by atoms with E-state index in [0.29, 0.717) is 5.02 Å². The van der Waals surface area contributed by atoms with Crippen LogP contribution in [0.4, 0.5) is 4.39 Å². The average molecular weight is 440 g/mol. The van der Waals surface area contributed by atoms with E-state index in [1.165, 1.54) is 22.8 Å². The van der Waals surface area contributed by atoms with Crippen LogP contribution in [0.15, 0.2) is 53.1 Å². The van der Waals surface area contributed by atoms with Crippen molar-refractivity contribution in [2.24, 2.45) is 0 Å². The highest BCUT2D eigenvalue weighted by Gasteiger charge is 2.27. The molecule has 1 heterocycles. The molecular weight excluding hydrogens is 427 g/mol. The van der Waals surface area contributed by atoms with Crippen molar-refractivity contribution in [3.8, 4) is 11.8 Å². The van der Waals surface area contributed by atoms with Crippen molar-refractivity contribution in [1.82, 2.24) is 9.55 Å². The first kappa shape index (κ1) is 18.4. The number of hydrogen-bond donors (Lipinski definition) is 1. The molecule has 134 valence electrons. The van der Waals surface area contributed by atoms with E-state index >= 15 is 0 Å². The summed E-state index contributed by atoms with van der Waals surface area (Å²) < 4.78 is 20.6. The van der Waals surface area contributed by atoms with E-state index in [4.69, 9.17) is 16.3 Å². The predicted molar refractivity (Wildman–Crippen MR) is 98.6 cm³/mol. The Balaban J connectivity index is 2.09. The summed E-state index contributed by atoms with van der Waals surface area (Å²) in [7, 11) is 0. The Morgan fingerprint density at radius 1 is 1.31 bits per heavy atom. The van der Waals surface area contributed by atoms with Crippen molar-refractivity contribution in [2.45, 2.75) is 13.0 Å². The van der Waals surface area contributed by atoms with Gasteiger partial charge in [-0.2, -0.15) is 4.98 Å². The molecule has 0 radical (unpaired) electrons. The molecule has 1 aromatic heterocycles. The van der Waals surface area contributed by atoms with Gasteiger partial charge in [0, 0.05) is 11.1 Å². The maximum absolute atomic E-state index is 13.4. The topological polar surface area (TPSA) is 64.4 Å². The van der Waals surface area contributed by atoms with Crippen LogP contribution < -0.4 is 4.74 Å². The molecule has 26 heavy (non-hydrogen) atoms. The molecule has 0 aliphatic rings. The lowest BCUT2D eigenvalue weighted by Gasteiger charge is -2.18. The predicted octanol–water partition coefficient (Wildman–Crippen LogP) is 5.54. The zero-order chi connectivity index (χ0) is 18.8. The van der Waals surface area contributed by atoms with Gasteiger partial charge in [-0.1, -0.05) is 29.8 Å². The summed E-state index contributed by atoms with van der Waals surface area (Å²) in [5, 5.41) is 10.2. The van der Waals surface area contributed by atoms with Crippen molar-refractivity contribution in [3.63, 3.8) is 0 Å². The zero-order valence-corrected chi connectivity index (χ0v) is 15.8. The highest BCUT2D eigenvalue weighted by Crippen LogP contribution is 2.33. The van der Waals surface area contributed by atoms with Gasteiger partial charge in [0.2, 0.25) is 0 Å². The molecule has 0 saturated carbocycles. The van der Waals surface area contributed by atoms with Crippen LogP contribution in [0, 0.1) is 5.82 Å². The van der Waals surface area contributed by atoms with Crippen LogP contribution >= 0.6 is 27.5 Å². The Morgan fingerprint density at radius 3 is 2.62 bits per heavy atom. The monoisotopic (exact) mass is 438 g/mol. The number of halogens is 3. The second kappa shape index (κ2) is 7.47. The molecule has 0 aliphatic carbocycles. The summed E-state index contributed by atoms with van der Waals surface area (Å²) in [6.45, 7) is 1.81. The van der Waals surface area contributed by atoms with Gasteiger partial charge in [0.05, 0.1) is 6.04 Å². The summed E-state index contributed by atoms with van der Waals surface area (Å²) in [5.41, 5.74) is 0.741. The minimum absolute atomic E-state index is 0.0299. The molecule has 0 spiro atoms. The molecule has 2 aromatic carbocycles. The number of carboxylic acids is 1. The third-order valence-corrected chi connectivity index (χ3v) is 4.59. The van der Waals surface area contributed by atoms with Crippen LogP contribution in [0.1, 0.15) is 29.0 Å².